The van der Waals surface area contributed by atoms with Gasteiger partial charge in [-0.1, -0.05) is 0 Å². The highest BCUT2D eigenvalue weighted by Gasteiger charge is 2.34. The van der Waals surface area contributed by atoms with E-state index in [1.54, 1.807) is 31.1 Å². The molecule has 1 aromatic carbocycles. The number of carbonyl (C=O) groups is 2. The monoisotopic (exact) mass is 412 g/mol. The Bertz CT molecular complexity index is 795. The highest BCUT2D eigenvalue weighted by Crippen LogP contribution is 2.16. The molecule has 28 heavy (non-hydrogen) atoms. The topological polar surface area (TPSA) is 99.3 Å². The normalized spacial score (nSPS) is 18.0. The lowest BCUT2D eigenvalue weighted by atomic mass is 10.1. The fourth-order valence-electron chi connectivity index (χ4n) is 3.00. The van der Waals surface area contributed by atoms with Gasteiger partial charge in [-0.05, 0) is 31.3 Å². The standard InChI is InChI=1S/C18H28N4O5S/c1-20(2)18(24)16-13-21(3)11-12-22(16)17(23)9-10-19-28(25,26)15-7-5-14(27-4)6-8-15/h5-8,16,19H,9-13H2,1-4H3. The minimum Gasteiger partial charge on any atom is -0.497 e. The first-order valence-corrected chi connectivity index (χ1v) is 10.5. The van der Waals surface area contributed by atoms with E-state index in [2.05, 4.69) is 4.72 Å². The van der Waals surface area contributed by atoms with Gasteiger partial charge in [0.05, 0.1) is 12.0 Å². The minimum absolute atomic E-state index is 0.0176. The number of rotatable bonds is 7. The highest BCUT2D eigenvalue weighted by molar-refractivity contribution is 7.89. The third-order valence-corrected chi connectivity index (χ3v) is 6.11. The number of hydrogen-bond acceptors (Lipinski definition) is 6. The Labute approximate surface area is 166 Å². The zero-order valence-corrected chi connectivity index (χ0v) is 17.5. The number of amides is 2. The number of likely N-dealkylation sites (N-methyl/N-ethyl adjacent to an activating group) is 2. The van der Waals surface area contributed by atoms with Gasteiger partial charge < -0.3 is 19.4 Å². The molecule has 0 aliphatic carbocycles. The van der Waals surface area contributed by atoms with E-state index < -0.39 is 16.1 Å². The maximum absolute atomic E-state index is 12.6. The van der Waals surface area contributed by atoms with Gasteiger partial charge in [0.25, 0.3) is 0 Å². The van der Waals surface area contributed by atoms with Crippen molar-refractivity contribution in [3.8, 4) is 5.75 Å². The van der Waals surface area contributed by atoms with Crippen LogP contribution >= 0.6 is 0 Å². The van der Waals surface area contributed by atoms with Crippen molar-refractivity contribution in [2.24, 2.45) is 0 Å². The predicted molar refractivity (Wildman–Crippen MR) is 104 cm³/mol. The summed E-state index contributed by atoms with van der Waals surface area (Å²) in [6, 6.07) is 5.44. The molecule has 1 N–H and O–H groups in total. The second-order valence-electron chi connectivity index (χ2n) is 6.92. The summed E-state index contributed by atoms with van der Waals surface area (Å²) in [6.07, 6.45) is -0.0176. The largest absolute Gasteiger partial charge is 0.497 e. The number of sulfonamides is 1. The van der Waals surface area contributed by atoms with E-state index in [1.807, 2.05) is 11.9 Å². The van der Waals surface area contributed by atoms with Gasteiger partial charge in [0.2, 0.25) is 21.8 Å². The molecule has 0 bridgehead atoms. The van der Waals surface area contributed by atoms with Crippen LogP contribution in [0.4, 0.5) is 0 Å². The van der Waals surface area contributed by atoms with Gasteiger partial charge in [0.15, 0.2) is 0 Å². The van der Waals surface area contributed by atoms with Gasteiger partial charge >= 0.3 is 0 Å². The summed E-state index contributed by atoms with van der Waals surface area (Å²) >= 11 is 0. The smallest absolute Gasteiger partial charge is 0.246 e. The van der Waals surface area contributed by atoms with Crippen molar-refractivity contribution in [3.05, 3.63) is 24.3 Å². The molecule has 0 aromatic heterocycles. The SMILES string of the molecule is COc1ccc(S(=O)(=O)NCCC(=O)N2CCN(C)CC2C(=O)N(C)C)cc1. The maximum atomic E-state index is 12.6. The zero-order valence-electron chi connectivity index (χ0n) is 16.7. The van der Waals surface area contributed by atoms with E-state index in [1.165, 1.54) is 24.1 Å². The number of nitrogens with zero attached hydrogens (tertiary/aromatic N) is 3. The predicted octanol–water partition coefficient (Wildman–Crippen LogP) is -0.406. The number of piperazine rings is 1. The molecule has 0 saturated carbocycles. The van der Waals surface area contributed by atoms with Crippen LogP contribution in [0.2, 0.25) is 0 Å². The van der Waals surface area contributed by atoms with E-state index >= 15 is 0 Å². The molecule has 2 amide bonds. The number of benzene rings is 1. The van der Waals surface area contributed by atoms with Crippen molar-refractivity contribution in [2.45, 2.75) is 17.4 Å². The summed E-state index contributed by atoms with van der Waals surface area (Å²) in [5, 5.41) is 0. The summed E-state index contributed by atoms with van der Waals surface area (Å²) < 4.78 is 32.2. The molecule has 1 unspecified atom stereocenters. The lowest BCUT2D eigenvalue weighted by Crippen LogP contribution is -2.59. The Kier molecular flexibility index (Phi) is 7.39. The van der Waals surface area contributed by atoms with Crippen LogP contribution < -0.4 is 9.46 Å². The molecular formula is C18H28N4O5S. The van der Waals surface area contributed by atoms with E-state index in [-0.39, 0.29) is 29.7 Å². The molecule has 1 aliphatic rings. The number of nitrogens with one attached hydrogen (secondary N) is 1. The lowest BCUT2D eigenvalue weighted by molar-refractivity contribution is -0.147. The molecule has 0 spiro atoms. The minimum atomic E-state index is -3.72. The van der Waals surface area contributed by atoms with Gasteiger partial charge in [-0.3, -0.25) is 9.59 Å². The van der Waals surface area contributed by atoms with Crippen molar-refractivity contribution in [1.82, 2.24) is 19.4 Å². The Balaban J connectivity index is 1.97. The quantitative estimate of drug-likeness (QED) is 0.654. The van der Waals surface area contributed by atoms with Crippen LogP contribution in [0.5, 0.6) is 5.75 Å². The third-order valence-electron chi connectivity index (χ3n) is 4.63. The molecule has 1 aliphatic heterocycles. The second kappa shape index (κ2) is 9.35. The molecule has 1 saturated heterocycles. The first kappa shape index (κ1) is 22.1. The van der Waals surface area contributed by atoms with Crippen molar-refractivity contribution < 1.29 is 22.7 Å². The number of hydrogen-bond donors (Lipinski definition) is 1. The summed E-state index contributed by atoms with van der Waals surface area (Å²) in [6.45, 7) is 1.52. The Morgan fingerprint density at radius 2 is 1.86 bits per heavy atom. The highest BCUT2D eigenvalue weighted by atomic mass is 32.2. The molecule has 10 heteroatoms. The van der Waals surface area contributed by atoms with Crippen molar-refractivity contribution in [3.63, 3.8) is 0 Å². The molecule has 1 fully saturated rings. The van der Waals surface area contributed by atoms with Crippen LogP contribution in [-0.2, 0) is 19.6 Å². The van der Waals surface area contributed by atoms with Crippen LogP contribution in [0.1, 0.15) is 6.42 Å². The van der Waals surface area contributed by atoms with Gasteiger partial charge in [0.1, 0.15) is 11.8 Å². The maximum Gasteiger partial charge on any atom is 0.246 e. The van der Waals surface area contributed by atoms with Crippen LogP contribution in [0, 0.1) is 0 Å². The fraction of sp³-hybridized carbons (Fsp3) is 0.556. The molecule has 156 valence electrons. The Hall–Kier alpha value is -2.17. The summed E-state index contributed by atoms with van der Waals surface area (Å²) in [7, 11) is 2.99. The van der Waals surface area contributed by atoms with Gasteiger partial charge in [-0.15, -0.1) is 0 Å². The van der Waals surface area contributed by atoms with Gasteiger partial charge in [0, 0.05) is 46.7 Å². The fourth-order valence-corrected chi connectivity index (χ4v) is 4.03. The van der Waals surface area contributed by atoms with E-state index in [0.717, 1.165) is 0 Å². The first-order valence-electron chi connectivity index (χ1n) is 8.98. The molecular weight excluding hydrogens is 384 g/mol. The first-order chi connectivity index (χ1) is 13.2. The van der Waals surface area contributed by atoms with E-state index in [9.17, 15) is 18.0 Å². The molecule has 1 atom stereocenters. The van der Waals surface area contributed by atoms with Crippen LogP contribution in [0.3, 0.4) is 0 Å². The van der Waals surface area contributed by atoms with E-state index in [4.69, 9.17) is 4.74 Å². The van der Waals surface area contributed by atoms with Crippen LogP contribution in [0.15, 0.2) is 29.2 Å². The molecule has 1 heterocycles. The molecule has 2 rings (SSSR count). The van der Waals surface area contributed by atoms with E-state index in [0.29, 0.717) is 25.4 Å². The second-order valence-corrected chi connectivity index (χ2v) is 8.69. The Morgan fingerprint density at radius 3 is 2.43 bits per heavy atom. The Morgan fingerprint density at radius 1 is 1.21 bits per heavy atom. The average Bonchev–Trinajstić information content (AvgIpc) is 2.67. The number of carbonyl (C=O) groups excluding carboxylic acids is 2. The molecule has 0 radical (unpaired) electrons. The third kappa shape index (κ3) is 5.43. The van der Waals surface area contributed by atoms with Crippen molar-refractivity contribution >= 4 is 21.8 Å². The lowest BCUT2D eigenvalue weighted by Gasteiger charge is -2.40. The van der Waals surface area contributed by atoms with Crippen LogP contribution in [0.25, 0.3) is 0 Å². The van der Waals surface area contributed by atoms with Gasteiger partial charge in [-0.2, -0.15) is 0 Å². The molecule has 1 aromatic rings. The van der Waals surface area contributed by atoms with Crippen molar-refractivity contribution in [1.29, 1.82) is 0 Å². The molecule has 9 nitrogen and oxygen atoms in total. The van der Waals surface area contributed by atoms with Crippen molar-refractivity contribution in [2.75, 3.05) is 54.4 Å². The van der Waals surface area contributed by atoms with Crippen LogP contribution in [-0.4, -0.2) is 95.4 Å². The average molecular weight is 413 g/mol. The van der Waals surface area contributed by atoms with Gasteiger partial charge in [-0.25, -0.2) is 13.1 Å². The summed E-state index contributed by atoms with van der Waals surface area (Å²) in [5.74, 6) is 0.172. The number of ether oxygens (including phenoxy) is 1. The zero-order chi connectivity index (χ0) is 20.9. The summed E-state index contributed by atoms with van der Waals surface area (Å²) in [4.78, 5) is 30.2. The number of methoxy groups -OCH3 is 1. The summed E-state index contributed by atoms with van der Waals surface area (Å²) in [5.41, 5.74) is 0.